The van der Waals surface area contributed by atoms with E-state index in [1.165, 1.54) is 0 Å². The number of hydrogen-bond acceptors (Lipinski definition) is 2. The van der Waals surface area contributed by atoms with Gasteiger partial charge >= 0.3 is 0 Å². The Hall–Kier alpha value is -0.463. The van der Waals surface area contributed by atoms with Crippen LogP contribution in [-0.2, 0) is 9.16 Å². The van der Waals surface area contributed by atoms with Crippen molar-refractivity contribution < 1.29 is 9.16 Å². The van der Waals surface area contributed by atoms with E-state index < -0.39 is 8.32 Å². The predicted molar refractivity (Wildman–Crippen MR) is 67.1 cm³/mol. The predicted octanol–water partition coefficient (Wildman–Crippen LogP) is 3.39. The van der Waals surface area contributed by atoms with Gasteiger partial charge in [0.05, 0.1) is 6.61 Å². The van der Waals surface area contributed by atoms with Crippen LogP contribution in [0.3, 0.4) is 0 Å². The first-order valence-electron chi connectivity index (χ1n) is 5.51. The average Bonchev–Trinajstić information content (AvgIpc) is 2.01. The van der Waals surface area contributed by atoms with Gasteiger partial charge in [-0.05, 0) is 37.9 Å². The topological polar surface area (TPSA) is 18.5 Å². The van der Waals surface area contributed by atoms with E-state index in [-0.39, 0.29) is 11.1 Å². The smallest absolute Gasteiger partial charge is 0.193 e. The van der Waals surface area contributed by atoms with Gasteiger partial charge in [0.2, 0.25) is 0 Å². The highest BCUT2D eigenvalue weighted by atomic mass is 28.4. The van der Waals surface area contributed by atoms with E-state index in [9.17, 15) is 0 Å². The highest BCUT2D eigenvalue weighted by Gasteiger charge is 2.38. The Kier molecular flexibility index (Phi) is 5.40. The summed E-state index contributed by atoms with van der Waals surface area (Å²) < 4.78 is 11.0. The molecule has 88 valence electrons. The average molecular weight is 228 g/mol. The van der Waals surface area contributed by atoms with Gasteiger partial charge in [-0.1, -0.05) is 20.8 Å². The summed E-state index contributed by atoms with van der Waals surface area (Å²) in [5, 5.41) is 0.231. The molecule has 1 atom stereocenters. The lowest BCUT2D eigenvalue weighted by Gasteiger charge is -2.37. The molecule has 0 N–H and O–H groups in total. The molecule has 1 unspecified atom stereocenters. The maximum atomic E-state index is 6.03. The Labute approximate surface area is 95.5 Å². The molecule has 0 aliphatic carbocycles. The van der Waals surface area contributed by atoms with Crippen molar-refractivity contribution in [1.82, 2.24) is 0 Å². The Bertz CT molecular complexity index is 243. The molecule has 0 heterocycles. The van der Waals surface area contributed by atoms with E-state index in [2.05, 4.69) is 45.9 Å². The van der Waals surface area contributed by atoms with Crippen molar-refractivity contribution in [2.24, 2.45) is 0 Å². The Morgan fingerprint density at radius 2 is 1.80 bits per heavy atom. The third-order valence-electron chi connectivity index (χ3n) is 2.76. The molecule has 3 heteroatoms. The Morgan fingerprint density at radius 1 is 1.27 bits per heavy atom. The van der Waals surface area contributed by atoms with E-state index in [1.807, 2.05) is 13.8 Å². The first-order valence-corrected chi connectivity index (χ1v) is 8.41. The second-order valence-electron chi connectivity index (χ2n) is 5.20. The SMILES string of the molecule is CCOC#CC(C)O[Si](C)(C)C(C)(C)C. The molecular weight excluding hydrogens is 204 g/mol. The summed E-state index contributed by atoms with van der Waals surface area (Å²) in [6, 6.07) is 0. The monoisotopic (exact) mass is 228 g/mol. The van der Waals surface area contributed by atoms with Gasteiger partial charge in [-0.15, -0.1) is 0 Å². The van der Waals surface area contributed by atoms with Crippen LogP contribution in [0.2, 0.25) is 18.1 Å². The molecule has 0 saturated carbocycles. The third kappa shape index (κ3) is 5.24. The van der Waals surface area contributed by atoms with Crippen molar-refractivity contribution in [2.75, 3.05) is 6.61 Å². The lowest BCUT2D eigenvalue weighted by atomic mass is 10.2. The summed E-state index contributed by atoms with van der Waals surface area (Å²) in [6.45, 7) is 15.7. The van der Waals surface area contributed by atoms with Crippen molar-refractivity contribution >= 4 is 8.32 Å². The van der Waals surface area contributed by atoms with Gasteiger partial charge in [-0.25, -0.2) is 0 Å². The molecule has 0 saturated heterocycles. The summed E-state index contributed by atoms with van der Waals surface area (Å²) >= 11 is 0. The summed E-state index contributed by atoms with van der Waals surface area (Å²) in [6.07, 6.45) is 2.61. The molecule has 0 aliphatic heterocycles. The van der Waals surface area contributed by atoms with Crippen molar-refractivity contribution in [3.63, 3.8) is 0 Å². The minimum absolute atomic E-state index is 0.0440. The lowest BCUT2D eigenvalue weighted by molar-refractivity contribution is 0.246. The van der Waals surface area contributed by atoms with Gasteiger partial charge in [-0.2, -0.15) is 0 Å². The summed E-state index contributed by atoms with van der Waals surface area (Å²) in [4.78, 5) is 0. The minimum atomic E-state index is -1.69. The van der Waals surface area contributed by atoms with Crippen LogP contribution >= 0.6 is 0 Å². The van der Waals surface area contributed by atoms with Crippen molar-refractivity contribution in [3.05, 3.63) is 0 Å². The van der Waals surface area contributed by atoms with Gasteiger partial charge in [0.1, 0.15) is 12.2 Å². The zero-order valence-electron chi connectivity index (χ0n) is 11.1. The van der Waals surface area contributed by atoms with E-state index in [4.69, 9.17) is 9.16 Å². The maximum Gasteiger partial charge on any atom is 0.193 e. The first-order chi connectivity index (χ1) is 6.70. The normalized spacial score (nSPS) is 14.1. The van der Waals surface area contributed by atoms with Crippen LogP contribution in [0.4, 0.5) is 0 Å². The summed E-state index contributed by atoms with van der Waals surface area (Å²) in [7, 11) is -1.69. The van der Waals surface area contributed by atoms with E-state index >= 15 is 0 Å². The largest absolute Gasteiger partial charge is 0.447 e. The zero-order chi connectivity index (χ0) is 12.1. The molecule has 0 bridgehead atoms. The second-order valence-corrected chi connectivity index (χ2v) is 9.96. The first kappa shape index (κ1) is 14.5. The van der Waals surface area contributed by atoms with Crippen LogP contribution in [-0.4, -0.2) is 21.0 Å². The molecule has 0 amide bonds. The molecule has 0 aromatic rings. The maximum absolute atomic E-state index is 6.03. The summed E-state index contributed by atoms with van der Waals surface area (Å²) in [5.41, 5.74) is 0. The number of ether oxygens (including phenoxy) is 1. The third-order valence-corrected chi connectivity index (χ3v) is 7.31. The van der Waals surface area contributed by atoms with Crippen LogP contribution in [0.1, 0.15) is 34.6 Å². The van der Waals surface area contributed by atoms with Crippen molar-refractivity contribution in [3.8, 4) is 12.0 Å². The highest BCUT2D eigenvalue weighted by Crippen LogP contribution is 2.37. The van der Waals surface area contributed by atoms with E-state index in [0.717, 1.165) is 0 Å². The molecule has 0 aromatic carbocycles. The van der Waals surface area contributed by atoms with Gasteiger partial charge in [0.25, 0.3) is 0 Å². The molecule has 15 heavy (non-hydrogen) atoms. The van der Waals surface area contributed by atoms with Crippen LogP contribution in [0.5, 0.6) is 0 Å². The molecule has 2 nitrogen and oxygen atoms in total. The van der Waals surface area contributed by atoms with Crippen LogP contribution < -0.4 is 0 Å². The van der Waals surface area contributed by atoms with Gasteiger partial charge in [0, 0.05) is 0 Å². The minimum Gasteiger partial charge on any atom is -0.447 e. The fraction of sp³-hybridized carbons (Fsp3) is 0.833. The highest BCUT2D eigenvalue weighted by molar-refractivity contribution is 6.74. The van der Waals surface area contributed by atoms with Crippen LogP contribution in [0, 0.1) is 12.0 Å². The summed E-state index contributed by atoms with van der Waals surface area (Å²) in [5.74, 6) is 2.95. The second kappa shape index (κ2) is 5.57. The molecule has 0 rings (SSSR count). The van der Waals surface area contributed by atoms with E-state index in [1.54, 1.807) is 0 Å². The zero-order valence-corrected chi connectivity index (χ0v) is 12.1. The Morgan fingerprint density at radius 3 is 2.20 bits per heavy atom. The fourth-order valence-corrected chi connectivity index (χ4v) is 2.14. The van der Waals surface area contributed by atoms with Crippen LogP contribution in [0.15, 0.2) is 0 Å². The van der Waals surface area contributed by atoms with Gasteiger partial charge < -0.3 is 9.16 Å². The molecule has 0 radical (unpaired) electrons. The molecule has 0 aliphatic rings. The van der Waals surface area contributed by atoms with Crippen molar-refractivity contribution in [1.29, 1.82) is 0 Å². The molecular formula is C12H24O2Si. The van der Waals surface area contributed by atoms with Gasteiger partial charge in [0.15, 0.2) is 8.32 Å². The molecule has 0 spiro atoms. The van der Waals surface area contributed by atoms with Gasteiger partial charge in [-0.3, -0.25) is 0 Å². The fourth-order valence-electron chi connectivity index (χ4n) is 0.845. The lowest BCUT2D eigenvalue weighted by Crippen LogP contribution is -2.43. The van der Waals surface area contributed by atoms with E-state index in [0.29, 0.717) is 6.61 Å². The Balaban J connectivity index is 4.30. The molecule has 0 aromatic heterocycles. The van der Waals surface area contributed by atoms with Crippen LogP contribution in [0.25, 0.3) is 0 Å². The quantitative estimate of drug-likeness (QED) is 0.544. The number of hydrogen-bond donors (Lipinski definition) is 0. The number of rotatable bonds is 3. The van der Waals surface area contributed by atoms with Crippen molar-refractivity contribution in [2.45, 2.75) is 58.9 Å². The molecule has 0 fully saturated rings. The standard InChI is InChI=1S/C12H24O2Si/c1-8-13-10-9-11(2)14-15(6,7)12(3,4)5/h11H,8H2,1-7H3.